The maximum atomic E-state index is 12.0. The summed E-state index contributed by atoms with van der Waals surface area (Å²) in [5.74, 6) is 1.67. The molecule has 0 atom stereocenters. The average molecular weight is 409 g/mol. The Hall–Kier alpha value is -3.31. The number of carbonyl (C=O) groups is 1. The molecule has 0 aromatic heterocycles. The molecule has 0 bridgehead atoms. The third-order valence-electron chi connectivity index (χ3n) is 4.02. The summed E-state index contributed by atoms with van der Waals surface area (Å²) in [5, 5.41) is 4.67. The van der Waals surface area contributed by atoms with Crippen LogP contribution >= 0.6 is 11.6 Å². The quantitative estimate of drug-likeness (QED) is 0.427. The van der Waals surface area contributed by atoms with E-state index in [-0.39, 0.29) is 12.5 Å². The van der Waals surface area contributed by atoms with Gasteiger partial charge in [-0.15, -0.1) is 0 Å². The number of carbonyl (C=O) groups excluding carboxylic acids is 1. The lowest BCUT2D eigenvalue weighted by Crippen LogP contribution is -2.24. The highest BCUT2D eigenvalue weighted by atomic mass is 35.5. The number of aryl methyl sites for hydroxylation is 2. The molecule has 0 spiro atoms. The van der Waals surface area contributed by atoms with Crippen LogP contribution in [0.1, 0.15) is 16.7 Å². The number of hydrazone groups is 1. The second-order valence-corrected chi connectivity index (χ2v) is 6.82. The van der Waals surface area contributed by atoms with Crippen LogP contribution in [-0.2, 0) is 4.79 Å². The van der Waals surface area contributed by atoms with Crippen molar-refractivity contribution in [1.82, 2.24) is 5.43 Å². The smallest absolute Gasteiger partial charge is 0.277 e. The summed E-state index contributed by atoms with van der Waals surface area (Å²) >= 11 is 6.13. The van der Waals surface area contributed by atoms with Crippen molar-refractivity contribution in [1.29, 1.82) is 0 Å². The van der Waals surface area contributed by atoms with Gasteiger partial charge in [0.2, 0.25) is 0 Å². The van der Waals surface area contributed by atoms with Crippen LogP contribution in [0.3, 0.4) is 0 Å². The normalized spacial score (nSPS) is 10.7. The zero-order valence-corrected chi connectivity index (χ0v) is 16.9. The van der Waals surface area contributed by atoms with Crippen LogP contribution < -0.4 is 14.9 Å². The van der Waals surface area contributed by atoms with Crippen molar-refractivity contribution in [2.75, 3.05) is 6.61 Å². The molecule has 29 heavy (non-hydrogen) atoms. The minimum atomic E-state index is -0.358. The number of rotatable bonds is 7. The zero-order chi connectivity index (χ0) is 20.6. The highest BCUT2D eigenvalue weighted by molar-refractivity contribution is 6.32. The van der Waals surface area contributed by atoms with Crippen molar-refractivity contribution in [3.63, 3.8) is 0 Å². The van der Waals surface area contributed by atoms with E-state index in [1.165, 1.54) is 0 Å². The van der Waals surface area contributed by atoms with Crippen LogP contribution in [0.5, 0.6) is 17.2 Å². The highest BCUT2D eigenvalue weighted by Crippen LogP contribution is 2.25. The van der Waals surface area contributed by atoms with Gasteiger partial charge in [-0.05, 0) is 66.9 Å². The molecule has 3 rings (SSSR count). The van der Waals surface area contributed by atoms with E-state index in [2.05, 4.69) is 10.5 Å². The van der Waals surface area contributed by atoms with Crippen LogP contribution in [0.15, 0.2) is 71.8 Å². The molecule has 0 saturated carbocycles. The van der Waals surface area contributed by atoms with Gasteiger partial charge in [0.05, 0.1) is 6.21 Å². The van der Waals surface area contributed by atoms with Crippen LogP contribution in [0.25, 0.3) is 0 Å². The van der Waals surface area contributed by atoms with Crippen LogP contribution in [-0.4, -0.2) is 18.7 Å². The molecule has 3 aromatic carbocycles. The van der Waals surface area contributed by atoms with Crippen molar-refractivity contribution >= 4 is 23.7 Å². The number of amides is 1. The van der Waals surface area contributed by atoms with Gasteiger partial charge in [-0.25, -0.2) is 5.43 Å². The third-order valence-corrected chi connectivity index (χ3v) is 4.62. The van der Waals surface area contributed by atoms with Crippen LogP contribution in [0.4, 0.5) is 0 Å². The molecule has 148 valence electrons. The second kappa shape index (κ2) is 9.75. The Morgan fingerprint density at radius 2 is 1.66 bits per heavy atom. The SMILES string of the molecule is Cc1cc(OCC(=O)N/N=C/c2cccc(Oc3ccccc3)c2)cc(C)c1Cl. The van der Waals surface area contributed by atoms with Gasteiger partial charge in [-0.1, -0.05) is 41.9 Å². The molecule has 0 saturated heterocycles. The number of hydrogen-bond donors (Lipinski definition) is 1. The van der Waals surface area contributed by atoms with Gasteiger partial charge in [0.15, 0.2) is 6.61 Å². The lowest BCUT2D eigenvalue weighted by atomic mass is 10.1. The molecule has 0 radical (unpaired) electrons. The fourth-order valence-electron chi connectivity index (χ4n) is 2.63. The maximum Gasteiger partial charge on any atom is 0.277 e. The van der Waals surface area contributed by atoms with E-state index in [9.17, 15) is 4.79 Å². The molecule has 5 nitrogen and oxygen atoms in total. The molecule has 1 N–H and O–H groups in total. The summed E-state index contributed by atoms with van der Waals surface area (Å²) in [6, 6.07) is 20.5. The standard InChI is InChI=1S/C23H21ClN2O3/c1-16-11-21(12-17(2)23(16)24)28-15-22(27)26-25-14-18-7-6-10-20(13-18)29-19-8-4-3-5-9-19/h3-14H,15H2,1-2H3,(H,26,27)/b25-14+. The topological polar surface area (TPSA) is 59.9 Å². The molecule has 1 amide bonds. The first-order chi connectivity index (χ1) is 14.0. The molecular weight excluding hydrogens is 388 g/mol. The van der Waals surface area contributed by atoms with Gasteiger partial charge in [-0.3, -0.25) is 4.79 Å². The number of para-hydroxylation sites is 1. The van der Waals surface area contributed by atoms with E-state index in [1.807, 2.05) is 68.4 Å². The molecule has 3 aromatic rings. The minimum absolute atomic E-state index is 0.144. The highest BCUT2D eigenvalue weighted by Gasteiger charge is 2.06. The molecule has 0 aliphatic heterocycles. The van der Waals surface area contributed by atoms with E-state index < -0.39 is 0 Å². The van der Waals surface area contributed by atoms with E-state index in [0.717, 1.165) is 22.4 Å². The van der Waals surface area contributed by atoms with Crippen LogP contribution in [0, 0.1) is 13.8 Å². The maximum absolute atomic E-state index is 12.0. The Morgan fingerprint density at radius 3 is 2.38 bits per heavy atom. The van der Waals surface area contributed by atoms with E-state index >= 15 is 0 Å². The second-order valence-electron chi connectivity index (χ2n) is 6.44. The molecule has 6 heteroatoms. The van der Waals surface area contributed by atoms with E-state index in [0.29, 0.717) is 16.5 Å². The van der Waals surface area contributed by atoms with Crippen molar-refractivity contribution < 1.29 is 14.3 Å². The average Bonchev–Trinajstić information content (AvgIpc) is 2.71. The Balaban J connectivity index is 1.52. The summed E-state index contributed by atoms with van der Waals surface area (Å²) in [4.78, 5) is 12.0. The van der Waals surface area contributed by atoms with Gasteiger partial charge in [0.25, 0.3) is 5.91 Å². The Labute approximate surface area is 174 Å². The number of benzene rings is 3. The number of halogens is 1. The molecule has 0 heterocycles. The molecular formula is C23H21ClN2O3. The fraction of sp³-hybridized carbons (Fsp3) is 0.130. The molecule has 0 aliphatic carbocycles. The fourth-order valence-corrected chi connectivity index (χ4v) is 2.74. The van der Waals surface area contributed by atoms with E-state index in [1.54, 1.807) is 18.3 Å². The number of nitrogens with one attached hydrogen (secondary N) is 1. The van der Waals surface area contributed by atoms with Crippen molar-refractivity contribution in [3.8, 4) is 17.2 Å². The minimum Gasteiger partial charge on any atom is -0.484 e. The first kappa shape index (κ1) is 20.4. The molecule has 0 fully saturated rings. The largest absolute Gasteiger partial charge is 0.484 e. The van der Waals surface area contributed by atoms with Gasteiger partial charge < -0.3 is 9.47 Å². The summed E-state index contributed by atoms with van der Waals surface area (Å²) < 4.78 is 11.3. The Kier molecular flexibility index (Phi) is 6.87. The number of hydrogen-bond acceptors (Lipinski definition) is 4. The number of nitrogens with zero attached hydrogens (tertiary/aromatic N) is 1. The van der Waals surface area contributed by atoms with Gasteiger partial charge in [0, 0.05) is 5.02 Å². The molecule has 0 aliphatic rings. The predicted molar refractivity (Wildman–Crippen MR) is 115 cm³/mol. The lowest BCUT2D eigenvalue weighted by molar-refractivity contribution is -0.123. The van der Waals surface area contributed by atoms with Gasteiger partial charge >= 0.3 is 0 Å². The summed E-state index contributed by atoms with van der Waals surface area (Å²) in [5.41, 5.74) is 5.05. The van der Waals surface area contributed by atoms with E-state index in [4.69, 9.17) is 21.1 Å². The Morgan fingerprint density at radius 1 is 0.966 bits per heavy atom. The van der Waals surface area contributed by atoms with Crippen LogP contribution in [0.2, 0.25) is 5.02 Å². The summed E-state index contributed by atoms with van der Waals surface area (Å²) in [6.45, 7) is 3.64. The monoisotopic (exact) mass is 408 g/mol. The van der Waals surface area contributed by atoms with Crippen molar-refractivity contribution in [2.45, 2.75) is 13.8 Å². The predicted octanol–water partition coefficient (Wildman–Crippen LogP) is 5.28. The molecule has 0 unspecified atom stereocenters. The summed E-state index contributed by atoms with van der Waals surface area (Å²) in [6.07, 6.45) is 1.55. The van der Waals surface area contributed by atoms with Crippen molar-refractivity contribution in [3.05, 3.63) is 88.4 Å². The lowest BCUT2D eigenvalue weighted by Gasteiger charge is -2.09. The summed E-state index contributed by atoms with van der Waals surface area (Å²) in [7, 11) is 0. The number of ether oxygens (including phenoxy) is 2. The first-order valence-corrected chi connectivity index (χ1v) is 9.43. The van der Waals surface area contributed by atoms with Gasteiger partial charge in [0.1, 0.15) is 17.2 Å². The van der Waals surface area contributed by atoms with Crippen molar-refractivity contribution in [2.24, 2.45) is 5.10 Å². The third kappa shape index (κ3) is 6.09. The Bertz CT molecular complexity index is 997. The zero-order valence-electron chi connectivity index (χ0n) is 16.2. The first-order valence-electron chi connectivity index (χ1n) is 9.05. The van der Waals surface area contributed by atoms with Gasteiger partial charge in [-0.2, -0.15) is 5.10 Å².